The van der Waals surface area contributed by atoms with Crippen LogP contribution in [0.15, 0.2) is 133 Å². The van der Waals surface area contributed by atoms with Crippen LogP contribution in [-0.2, 0) is 37.9 Å². The molecule has 5 heteroatoms. The molecular formula is C78H91BN4. The maximum Gasteiger partial charge on any atom is 0.252 e. The SMILES string of the molecule is CC(C)(C)c1ccc(N2c3cc(N4c5ccccc5C5(C)CCCCC45C)ccc3B3c4cc5c(cc4N(c4ccc6c(c4)C(C)(C)CCC6(C)C)c4cc(N6c7ccccc7C7(C)CCCCC67C)cc2c43)C(C)(C)CCC5(C)C)cc1. The van der Waals surface area contributed by atoms with E-state index in [1.807, 2.05) is 0 Å². The predicted octanol–water partition coefficient (Wildman–Crippen LogP) is 19.2. The summed E-state index contributed by atoms with van der Waals surface area (Å²) in [4.78, 5) is 11.2. The van der Waals surface area contributed by atoms with Gasteiger partial charge in [0, 0.05) is 67.7 Å². The van der Waals surface area contributed by atoms with E-state index in [0.29, 0.717) is 0 Å². The lowest BCUT2D eigenvalue weighted by Gasteiger charge is -2.52. The van der Waals surface area contributed by atoms with Crippen molar-refractivity contribution in [3.63, 3.8) is 0 Å². The molecule has 7 aromatic rings. The van der Waals surface area contributed by atoms with Gasteiger partial charge in [-0.25, -0.2) is 0 Å². The highest BCUT2D eigenvalue weighted by atomic mass is 15.3. The zero-order valence-corrected chi connectivity index (χ0v) is 53.1. The summed E-state index contributed by atoms with van der Waals surface area (Å²) < 4.78 is 0. The number of anilines is 10. The van der Waals surface area contributed by atoms with Crippen molar-refractivity contribution in [3.05, 3.63) is 172 Å². The summed E-state index contributed by atoms with van der Waals surface area (Å²) in [6.45, 7) is 37.5. The summed E-state index contributed by atoms with van der Waals surface area (Å²) in [5.41, 5.74) is 27.7. The van der Waals surface area contributed by atoms with E-state index < -0.39 is 0 Å². The minimum absolute atomic E-state index is 0.00213. The number of rotatable bonds is 4. The molecule has 8 aliphatic rings. The lowest BCUT2D eigenvalue weighted by Crippen LogP contribution is -2.62. The summed E-state index contributed by atoms with van der Waals surface area (Å²) in [5, 5.41) is 0. The molecule has 0 bridgehead atoms. The van der Waals surface area contributed by atoms with E-state index in [1.54, 1.807) is 0 Å². The van der Waals surface area contributed by atoms with Crippen LogP contribution >= 0.6 is 0 Å². The second-order valence-corrected chi connectivity index (χ2v) is 32.1. The van der Waals surface area contributed by atoms with Crippen molar-refractivity contribution >= 4 is 80.0 Å². The van der Waals surface area contributed by atoms with Gasteiger partial charge in [-0.05, 0) is 214 Å². The molecule has 83 heavy (non-hydrogen) atoms. The van der Waals surface area contributed by atoms with Crippen molar-refractivity contribution in [2.24, 2.45) is 0 Å². The molecule has 4 atom stereocenters. The van der Waals surface area contributed by atoms with E-state index in [0.717, 1.165) is 12.8 Å². The Morgan fingerprint density at radius 1 is 0.337 bits per heavy atom. The molecule has 4 aliphatic carbocycles. The van der Waals surface area contributed by atoms with Crippen molar-refractivity contribution in [1.29, 1.82) is 0 Å². The van der Waals surface area contributed by atoms with Gasteiger partial charge in [-0.15, -0.1) is 0 Å². The van der Waals surface area contributed by atoms with Crippen LogP contribution in [0, 0.1) is 0 Å². The highest BCUT2D eigenvalue weighted by molar-refractivity contribution is 7.00. The predicted molar refractivity (Wildman–Crippen MR) is 355 cm³/mol. The van der Waals surface area contributed by atoms with Gasteiger partial charge in [0.2, 0.25) is 0 Å². The highest BCUT2D eigenvalue weighted by Gasteiger charge is 2.60. The molecule has 2 fully saturated rings. The molecule has 4 aliphatic heterocycles. The van der Waals surface area contributed by atoms with Gasteiger partial charge in [0.25, 0.3) is 6.71 Å². The van der Waals surface area contributed by atoms with E-state index >= 15 is 0 Å². The second-order valence-electron chi connectivity index (χ2n) is 32.1. The van der Waals surface area contributed by atoms with Crippen LogP contribution in [0.25, 0.3) is 0 Å². The largest absolute Gasteiger partial charge is 0.334 e. The van der Waals surface area contributed by atoms with Crippen molar-refractivity contribution in [1.82, 2.24) is 0 Å². The number of hydrogen-bond donors (Lipinski definition) is 0. The highest BCUT2D eigenvalue weighted by Crippen LogP contribution is 2.64. The molecule has 2 saturated carbocycles. The summed E-state index contributed by atoms with van der Waals surface area (Å²) >= 11 is 0. The Hall–Kier alpha value is -6.20. The van der Waals surface area contributed by atoms with Gasteiger partial charge in [-0.3, -0.25) is 0 Å². The monoisotopic (exact) mass is 1090 g/mol. The molecule has 15 rings (SSSR count). The third-order valence-electron chi connectivity index (χ3n) is 24.6. The zero-order valence-electron chi connectivity index (χ0n) is 53.1. The Kier molecular flexibility index (Phi) is 11.1. The third-order valence-corrected chi connectivity index (χ3v) is 24.6. The fraction of sp³-hybridized carbons (Fsp3) is 0.462. The Labute approximate surface area is 499 Å². The topological polar surface area (TPSA) is 13.0 Å². The Bertz CT molecular complexity index is 3870. The first-order valence-corrected chi connectivity index (χ1v) is 32.4. The van der Waals surface area contributed by atoms with Crippen molar-refractivity contribution in [2.45, 2.75) is 230 Å². The number of benzene rings is 7. The molecule has 0 saturated heterocycles. The Balaban J connectivity index is 1.08. The molecular weight excluding hydrogens is 1000 g/mol. The van der Waals surface area contributed by atoms with Crippen LogP contribution in [0.3, 0.4) is 0 Å². The summed E-state index contributed by atoms with van der Waals surface area (Å²) in [7, 11) is 0. The molecule has 0 N–H and O–H groups in total. The molecule has 0 radical (unpaired) electrons. The molecule has 0 spiro atoms. The summed E-state index contributed by atoms with van der Waals surface area (Å²) in [5.74, 6) is 0. The smallest absolute Gasteiger partial charge is 0.252 e. The first-order chi connectivity index (χ1) is 39.2. The average molecular weight is 1100 g/mol. The normalized spacial score (nSPS) is 27.1. The van der Waals surface area contributed by atoms with Gasteiger partial charge in [0.1, 0.15) is 0 Å². The molecule has 426 valence electrons. The van der Waals surface area contributed by atoms with E-state index in [-0.39, 0.29) is 55.7 Å². The molecule has 0 aromatic heterocycles. The van der Waals surface area contributed by atoms with Crippen LogP contribution in [0.2, 0.25) is 0 Å². The number of nitrogens with zero attached hydrogens (tertiary/aromatic N) is 4. The maximum absolute atomic E-state index is 2.86. The number of fused-ring (bicyclic) bond motifs is 12. The zero-order chi connectivity index (χ0) is 58.0. The molecule has 4 nitrogen and oxygen atoms in total. The first kappa shape index (κ1) is 53.5. The third kappa shape index (κ3) is 7.18. The summed E-state index contributed by atoms with van der Waals surface area (Å²) in [6, 6.07) is 55.1. The quantitative estimate of drug-likeness (QED) is 0.163. The fourth-order valence-corrected chi connectivity index (χ4v) is 18.9. The van der Waals surface area contributed by atoms with E-state index in [4.69, 9.17) is 0 Å². The van der Waals surface area contributed by atoms with E-state index in [2.05, 4.69) is 257 Å². The minimum atomic E-state index is -0.132. The van der Waals surface area contributed by atoms with Crippen LogP contribution in [0.1, 0.15) is 220 Å². The van der Waals surface area contributed by atoms with Gasteiger partial charge in [-0.1, -0.05) is 182 Å². The van der Waals surface area contributed by atoms with Crippen molar-refractivity contribution < 1.29 is 0 Å². The van der Waals surface area contributed by atoms with Gasteiger partial charge >= 0.3 is 0 Å². The lowest BCUT2D eigenvalue weighted by atomic mass is 9.33. The fourth-order valence-electron chi connectivity index (χ4n) is 18.9. The van der Waals surface area contributed by atoms with Crippen LogP contribution in [0.4, 0.5) is 56.9 Å². The van der Waals surface area contributed by atoms with E-state index in [9.17, 15) is 0 Å². The molecule has 4 heterocycles. The molecule has 7 aromatic carbocycles. The second kappa shape index (κ2) is 17.3. The van der Waals surface area contributed by atoms with Gasteiger partial charge in [0.05, 0.1) is 11.1 Å². The Morgan fingerprint density at radius 2 is 0.771 bits per heavy atom. The van der Waals surface area contributed by atoms with Crippen LogP contribution in [0.5, 0.6) is 0 Å². The molecule has 4 unspecified atom stereocenters. The molecule has 0 amide bonds. The van der Waals surface area contributed by atoms with Gasteiger partial charge in [-0.2, -0.15) is 0 Å². The summed E-state index contributed by atoms with van der Waals surface area (Å²) in [6.07, 6.45) is 14.4. The lowest BCUT2D eigenvalue weighted by molar-refractivity contribution is 0.195. The van der Waals surface area contributed by atoms with Crippen LogP contribution in [-0.4, -0.2) is 17.8 Å². The minimum Gasteiger partial charge on any atom is -0.334 e. The average Bonchev–Trinajstić information content (AvgIpc) is 1.84. The number of hydrogen-bond acceptors (Lipinski definition) is 4. The van der Waals surface area contributed by atoms with Crippen molar-refractivity contribution in [2.75, 3.05) is 19.6 Å². The number of para-hydroxylation sites is 2. The Morgan fingerprint density at radius 3 is 1.33 bits per heavy atom. The van der Waals surface area contributed by atoms with Gasteiger partial charge < -0.3 is 19.6 Å². The van der Waals surface area contributed by atoms with Gasteiger partial charge in [0.15, 0.2) is 0 Å². The maximum atomic E-state index is 2.86. The van der Waals surface area contributed by atoms with E-state index in [1.165, 1.54) is 176 Å². The first-order valence-electron chi connectivity index (χ1n) is 32.4. The van der Waals surface area contributed by atoms with Crippen molar-refractivity contribution in [3.8, 4) is 0 Å². The van der Waals surface area contributed by atoms with Crippen LogP contribution < -0.4 is 36.0 Å². The standard InChI is InChI=1S/C78H91BN4/c1-70(2,3)50-28-30-51(31-29-50)80-65-45-53(82-63-26-18-16-24-56(63)75(12)36-20-22-38-77(75,82)14)33-35-61(65)79-62-48-59-60(74(10,11)43-42-73(59,8)9)49-66(62)81(52-32-34-55-58(44-52)72(6,7)41-40-71(55,4)5)68-47-54(46-67(80)69(68)79)83-64-27-19-17-25-57(64)76(13)37-21-23-39-78(76,83)15/h16-19,24-35,44-49H,20-23,36-43H2,1-15H3.